The van der Waals surface area contributed by atoms with Crippen molar-refractivity contribution in [3.8, 4) is 0 Å². The molecule has 1 unspecified atom stereocenters. The highest BCUT2D eigenvalue weighted by Gasteiger charge is 2.71. The molecule has 1 saturated heterocycles. The van der Waals surface area contributed by atoms with E-state index in [1.165, 1.54) is 7.11 Å². The van der Waals surface area contributed by atoms with E-state index in [0.29, 0.717) is 13.2 Å². The maximum absolute atomic E-state index is 12.0. The van der Waals surface area contributed by atoms with Crippen molar-refractivity contribution in [2.75, 3.05) is 20.3 Å². The van der Waals surface area contributed by atoms with Crippen LogP contribution in [0.3, 0.4) is 0 Å². The molecule has 0 spiro atoms. The summed E-state index contributed by atoms with van der Waals surface area (Å²) in [6.45, 7) is 4.95. The van der Waals surface area contributed by atoms with Crippen LogP contribution in [-0.4, -0.2) is 43.3 Å². The molecule has 1 aliphatic carbocycles. The lowest BCUT2D eigenvalue weighted by Crippen LogP contribution is -2.40. The first-order valence-corrected chi connectivity index (χ1v) is 6.63. The van der Waals surface area contributed by atoms with Crippen LogP contribution in [-0.2, 0) is 14.3 Å². The van der Waals surface area contributed by atoms with Gasteiger partial charge in [-0.05, 0) is 26.2 Å². The second-order valence-electron chi connectivity index (χ2n) is 5.03. The van der Waals surface area contributed by atoms with Crippen LogP contribution in [0.25, 0.3) is 0 Å². The number of likely N-dealkylation sites (tertiary alicyclic amines) is 1. The Labute approximate surface area is 107 Å². The van der Waals surface area contributed by atoms with Crippen LogP contribution < -0.4 is 0 Å². The fraction of sp³-hybridized carbons (Fsp3) is 0.846. The predicted octanol–water partition coefficient (Wildman–Crippen LogP) is 1.81. The van der Waals surface area contributed by atoms with Crippen molar-refractivity contribution >= 4 is 12.1 Å². The number of carbonyl (C=O) groups excluding carboxylic acids is 2. The monoisotopic (exact) mass is 255 g/mol. The highest BCUT2D eigenvalue weighted by Crippen LogP contribution is 2.63. The second-order valence-corrected chi connectivity index (χ2v) is 5.03. The largest absolute Gasteiger partial charge is 0.466 e. The van der Waals surface area contributed by atoms with E-state index >= 15 is 0 Å². The average molecular weight is 255 g/mol. The third kappa shape index (κ3) is 1.76. The van der Waals surface area contributed by atoms with Gasteiger partial charge in [0.05, 0.1) is 25.7 Å². The molecule has 1 amide bonds. The predicted molar refractivity (Wildman–Crippen MR) is 65.0 cm³/mol. The Morgan fingerprint density at radius 1 is 1.39 bits per heavy atom. The molecule has 2 aliphatic rings. The van der Waals surface area contributed by atoms with Crippen molar-refractivity contribution in [2.45, 2.75) is 39.2 Å². The number of amides is 1. The fourth-order valence-corrected chi connectivity index (χ4v) is 3.50. The number of hydrogen-bond acceptors (Lipinski definition) is 4. The van der Waals surface area contributed by atoms with E-state index in [0.717, 1.165) is 19.3 Å². The van der Waals surface area contributed by atoms with E-state index < -0.39 is 0 Å². The molecular weight excluding hydrogens is 234 g/mol. The van der Waals surface area contributed by atoms with Crippen molar-refractivity contribution < 1.29 is 19.1 Å². The molecule has 3 atom stereocenters. The van der Waals surface area contributed by atoms with Crippen LogP contribution in [0.5, 0.6) is 0 Å². The van der Waals surface area contributed by atoms with Gasteiger partial charge in [-0.2, -0.15) is 0 Å². The van der Waals surface area contributed by atoms with Crippen LogP contribution in [0.4, 0.5) is 4.79 Å². The molecule has 5 nitrogen and oxygen atoms in total. The Morgan fingerprint density at radius 2 is 2.11 bits per heavy atom. The summed E-state index contributed by atoms with van der Waals surface area (Å²) >= 11 is 0. The summed E-state index contributed by atoms with van der Waals surface area (Å²) in [5.74, 6) is -0.329. The highest BCUT2D eigenvalue weighted by molar-refractivity contribution is 5.81. The molecule has 2 rings (SSSR count). The number of esters is 1. The van der Waals surface area contributed by atoms with Gasteiger partial charge in [0, 0.05) is 12.0 Å². The molecule has 1 heterocycles. The summed E-state index contributed by atoms with van der Waals surface area (Å²) in [6.07, 6.45) is 2.49. The van der Waals surface area contributed by atoms with Crippen molar-refractivity contribution in [3.63, 3.8) is 0 Å². The Balaban J connectivity index is 2.17. The van der Waals surface area contributed by atoms with Crippen LogP contribution >= 0.6 is 0 Å². The minimum atomic E-state index is -0.329. The molecule has 0 bridgehead atoms. The van der Waals surface area contributed by atoms with Crippen LogP contribution in [0.1, 0.15) is 33.1 Å². The molecule has 102 valence electrons. The molecule has 2 fully saturated rings. The number of nitrogens with zero attached hydrogens (tertiary/aromatic N) is 1. The van der Waals surface area contributed by atoms with E-state index in [2.05, 4.69) is 6.92 Å². The van der Waals surface area contributed by atoms with E-state index in [4.69, 9.17) is 9.47 Å². The fourth-order valence-electron chi connectivity index (χ4n) is 3.50. The van der Waals surface area contributed by atoms with E-state index in [9.17, 15) is 9.59 Å². The standard InChI is InChI=1S/C13H21NO4/c1-4-13-7-6-8-14(12(16)17-3)10(13)9(13)11(15)18-5-2/h9-10H,4-8H2,1-3H3/t9-,10?,13-/m1/s1. The minimum Gasteiger partial charge on any atom is -0.466 e. The zero-order valence-corrected chi connectivity index (χ0v) is 11.3. The van der Waals surface area contributed by atoms with Gasteiger partial charge in [0.25, 0.3) is 0 Å². The summed E-state index contributed by atoms with van der Waals surface area (Å²) in [5, 5.41) is 0. The van der Waals surface area contributed by atoms with Gasteiger partial charge in [0.15, 0.2) is 0 Å². The maximum atomic E-state index is 12.0. The number of hydrogen-bond donors (Lipinski definition) is 0. The molecule has 0 N–H and O–H groups in total. The van der Waals surface area contributed by atoms with Gasteiger partial charge in [-0.15, -0.1) is 0 Å². The molecular formula is C13H21NO4. The smallest absolute Gasteiger partial charge is 0.409 e. The first-order chi connectivity index (χ1) is 8.62. The molecule has 0 aromatic rings. The summed E-state index contributed by atoms with van der Waals surface area (Å²) in [7, 11) is 1.38. The summed E-state index contributed by atoms with van der Waals surface area (Å²) in [4.78, 5) is 25.4. The molecule has 0 aromatic heterocycles. The van der Waals surface area contributed by atoms with Crippen molar-refractivity contribution in [1.29, 1.82) is 0 Å². The van der Waals surface area contributed by atoms with Gasteiger partial charge >= 0.3 is 12.1 Å². The van der Waals surface area contributed by atoms with Crippen molar-refractivity contribution in [2.24, 2.45) is 11.3 Å². The highest BCUT2D eigenvalue weighted by atomic mass is 16.5. The summed E-state index contributed by atoms with van der Waals surface area (Å²) in [5.41, 5.74) is -0.0707. The number of piperidine rings is 1. The average Bonchev–Trinajstić information content (AvgIpc) is 3.07. The summed E-state index contributed by atoms with van der Waals surface area (Å²) < 4.78 is 9.93. The van der Waals surface area contributed by atoms with Crippen LogP contribution in [0.15, 0.2) is 0 Å². The van der Waals surface area contributed by atoms with Crippen molar-refractivity contribution in [1.82, 2.24) is 4.90 Å². The Morgan fingerprint density at radius 3 is 2.67 bits per heavy atom. The molecule has 0 aromatic carbocycles. The second kappa shape index (κ2) is 4.78. The van der Waals surface area contributed by atoms with Gasteiger partial charge in [-0.3, -0.25) is 4.79 Å². The zero-order chi connectivity index (χ0) is 13.3. The molecule has 1 aliphatic heterocycles. The SMILES string of the molecule is CCOC(=O)[C@H]1C2N(C(=O)OC)CCC[C@@]21CC. The topological polar surface area (TPSA) is 55.8 Å². The quantitative estimate of drug-likeness (QED) is 0.722. The Hall–Kier alpha value is -1.26. The van der Waals surface area contributed by atoms with E-state index in [1.807, 2.05) is 0 Å². The van der Waals surface area contributed by atoms with Gasteiger partial charge in [-0.25, -0.2) is 4.79 Å². The lowest BCUT2D eigenvalue weighted by molar-refractivity contribution is -0.145. The van der Waals surface area contributed by atoms with Gasteiger partial charge in [0.2, 0.25) is 0 Å². The maximum Gasteiger partial charge on any atom is 0.409 e. The number of methoxy groups -OCH3 is 1. The number of carbonyl (C=O) groups is 2. The van der Waals surface area contributed by atoms with E-state index in [1.54, 1.807) is 11.8 Å². The Bertz CT molecular complexity index is 357. The lowest BCUT2D eigenvalue weighted by atomic mass is 9.91. The molecule has 0 radical (unpaired) electrons. The molecule has 5 heteroatoms. The third-order valence-electron chi connectivity index (χ3n) is 4.40. The first kappa shape index (κ1) is 13.2. The van der Waals surface area contributed by atoms with Gasteiger partial charge in [-0.1, -0.05) is 6.92 Å². The number of ether oxygens (including phenoxy) is 2. The van der Waals surface area contributed by atoms with E-state index in [-0.39, 0.29) is 29.4 Å². The molecule has 1 saturated carbocycles. The first-order valence-electron chi connectivity index (χ1n) is 6.63. The Kier molecular flexibility index (Phi) is 3.50. The number of rotatable bonds is 3. The van der Waals surface area contributed by atoms with Crippen LogP contribution in [0.2, 0.25) is 0 Å². The third-order valence-corrected chi connectivity index (χ3v) is 4.40. The van der Waals surface area contributed by atoms with Crippen LogP contribution in [0, 0.1) is 11.3 Å². The van der Waals surface area contributed by atoms with Gasteiger partial charge < -0.3 is 14.4 Å². The normalized spacial score (nSPS) is 33.6. The lowest BCUT2D eigenvalue weighted by Gasteiger charge is -2.29. The minimum absolute atomic E-state index is 0.0252. The van der Waals surface area contributed by atoms with Gasteiger partial charge in [0.1, 0.15) is 0 Å². The summed E-state index contributed by atoms with van der Waals surface area (Å²) in [6, 6.07) is -0.0252. The number of fused-ring (bicyclic) bond motifs is 1. The van der Waals surface area contributed by atoms with Crippen molar-refractivity contribution in [3.05, 3.63) is 0 Å². The molecule has 18 heavy (non-hydrogen) atoms. The zero-order valence-electron chi connectivity index (χ0n) is 11.3.